The van der Waals surface area contributed by atoms with E-state index in [0.29, 0.717) is 0 Å². The lowest BCUT2D eigenvalue weighted by Gasteiger charge is -1.91. The summed E-state index contributed by atoms with van der Waals surface area (Å²) in [4.78, 5) is 17.7. The molecule has 0 atom stereocenters. The maximum atomic E-state index is 10.2. The Balaban J connectivity index is 0.000000791. The number of benzene rings is 1. The number of rotatable bonds is 2. The van der Waals surface area contributed by atoms with Crippen LogP contribution in [-0.4, -0.2) is 16.8 Å². The molecule has 0 amide bonds. The van der Waals surface area contributed by atoms with Crippen molar-refractivity contribution in [1.82, 2.24) is 0 Å². The summed E-state index contributed by atoms with van der Waals surface area (Å²) in [6, 6.07) is 5.89. The SMILES string of the molecule is C=O.O=[N+]([O-])c1ccc(/C=C/O)cc1. The summed E-state index contributed by atoms with van der Waals surface area (Å²) in [7, 11) is 0. The quantitative estimate of drug-likeness (QED) is 0.444. The second kappa shape index (κ2) is 6.36. The lowest BCUT2D eigenvalue weighted by Crippen LogP contribution is -1.86. The van der Waals surface area contributed by atoms with Crippen LogP contribution in [-0.2, 0) is 4.79 Å². The van der Waals surface area contributed by atoms with Gasteiger partial charge in [-0.1, -0.05) is 0 Å². The molecular formula is C9H9NO4. The first-order valence-electron chi connectivity index (χ1n) is 3.58. The van der Waals surface area contributed by atoms with Gasteiger partial charge in [0.05, 0.1) is 11.2 Å². The maximum absolute atomic E-state index is 10.2. The van der Waals surface area contributed by atoms with Crippen molar-refractivity contribution >= 4 is 18.6 Å². The minimum atomic E-state index is -0.466. The van der Waals surface area contributed by atoms with Crippen LogP contribution in [0, 0.1) is 10.1 Å². The lowest BCUT2D eigenvalue weighted by molar-refractivity contribution is -0.384. The van der Waals surface area contributed by atoms with E-state index in [1.165, 1.54) is 18.2 Å². The molecule has 0 aliphatic carbocycles. The van der Waals surface area contributed by atoms with Gasteiger partial charge in [-0.25, -0.2) is 0 Å². The highest BCUT2D eigenvalue weighted by atomic mass is 16.6. The van der Waals surface area contributed by atoms with Crippen molar-refractivity contribution in [3.8, 4) is 0 Å². The molecule has 0 unspecified atom stereocenters. The normalized spacial score (nSPS) is 9.14. The van der Waals surface area contributed by atoms with Crippen LogP contribution in [0.15, 0.2) is 30.5 Å². The van der Waals surface area contributed by atoms with Crippen molar-refractivity contribution in [2.45, 2.75) is 0 Å². The number of carbonyl (C=O) groups is 1. The van der Waals surface area contributed by atoms with E-state index in [9.17, 15) is 10.1 Å². The number of nitro groups is 1. The second-order valence-corrected chi connectivity index (χ2v) is 2.16. The monoisotopic (exact) mass is 195 g/mol. The van der Waals surface area contributed by atoms with Crippen LogP contribution >= 0.6 is 0 Å². The maximum Gasteiger partial charge on any atom is 0.269 e. The first-order valence-corrected chi connectivity index (χ1v) is 3.58. The molecule has 1 aromatic carbocycles. The standard InChI is InChI=1S/C8H7NO3.CH2O/c10-6-5-7-1-3-8(4-2-7)9(11)12;1-2/h1-6,10H;1H2/b6-5+;. The average Bonchev–Trinajstić information content (AvgIpc) is 2.22. The van der Waals surface area contributed by atoms with Crippen LogP contribution in [0.3, 0.4) is 0 Å². The molecule has 0 saturated heterocycles. The van der Waals surface area contributed by atoms with E-state index in [2.05, 4.69) is 0 Å². The predicted octanol–water partition coefficient (Wildman–Crippen LogP) is 1.94. The van der Waals surface area contributed by atoms with E-state index < -0.39 is 4.92 Å². The highest BCUT2D eigenvalue weighted by Gasteiger charge is 2.01. The van der Waals surface area contributed by atoms with Gasteiger partial charge in [0.2, 0.25) is 0 Å². The number of carbonyl (C=O) groups excluding carboxylic acids is 1. The van der Waals surface area contributed by atoms with Crippen molar-refractivity contribution in [2.24, 2.45) is 0 Å². The zero-order chi connectivity index (χ0) is 11.0. The smallest absolute Gasteiger partial charge is 0.269 e. The van der Waals surface area contributed by atoms with Gasteiger partial charge in [-0.05, 0) is 23.8 Å². The van der Waals surface area contributed by atoms with Gasteiger partial charge in [0.25, 0.3) is 5.69 Å². The molecule has 1 aromatic rings. The number of nitro benzene ring substituents is 1. The van der Waals surface area contributed by atoms with Gasteiger partial charge in [0.1, 0.15) is 6.79 Å². The van der Waals surface area contributed by atoms with Crippen LogP contribution in [0.25, 0.3) is 6.08 Å². The van der Waals surface area contributed by atoms with Crippen molar-refractivity contribution in [3.63, 3.8) is 0 Å². The predicted molar refractivity (Wildman–Crippen MR) is 51.9 cm³/mol. The fraction of sp³-hybridized carbons (Fsp3) is 0. The third kappa shape index (κ3) is 3.48. The molecular weight excluding hydrogens is 186 g/mol. The van der Waals surface area contributed by atoms with Gasteiger partial charge in [-0.2, -0.15) is 0 Å². The molecule has 0 bridgehead atoms. The molecule has 0 saturated carbocycles. The summed E-state index contributed by atoms with van der Waals surface area (Å²) in [5.41, 5.74) is 0.771. The first-order chi connectivity index (χ1) is 6.74. The fourth-order valence-electron chi connectivity index (χ4n) is 0.793. The Morgan fingerprint density at radius 3 is 2.14 bits per heavy atom. The molecule has 5 nitrogen and oxygen atoms in total. The van der Waals surface area contributed by atoms with Crippen molar-refractivity contribution < 1.29 is 14.8 Å². The molecule has 0 heterocycles. The number of nitrogens with zero attached hydrogens (tertiary/aromatic N) is 1. The number of non-ortho nitro benzene ring substituents is 1. The van der Waals surface area contributed by atoms with E-state index in [1.807, 2.05) is 6.79 Å². The molecule has 0 fully saturated rings. The molecule has 74 valence electrons. The number of aliphatic hydroxyl groups excluding tert-OH is 1. The Hall–Kier alpha value is -2.17. The van der Waals surface area contributed by atoms with Crippen LogP contribution in [0.1, 0.15) is 5.56 Å². The van der Waals surface area contributed by atoms with E-state index >= 15 is 0 Å². The third-order valence-corrected chi connectivity index (χ3v) is 1.37. The number of aliphatic hydroxyl groups is 1. The van der Waals surface area contributed by atoms with Crippen LogP contribution in [0.4, 0.5) is 5.69 Å². The summed E-state index contributed by atoms with van der Waals surface area (Å²) in [6.45, 7) is 2.00. The highest BCUT2D eigenvalue weighted by molar-refractivity contribution is 5.50. The molecule has 5 heteroatoms. The molecule has 0 radical (unpaired) electrons. The van der Waals surface area contributed by atoms with Gasteiger partial charge in [0, 0.05) is 12.1 Å². The zero-order valence-electron chi connectivity index (χ0n) is 7.29. The Kier molecular flexibility index (Phi) is 5.37. The average molecular weight is 195 g/mol. The van der Waals surface area contributed by atoms with Crippen molar-refractivity contribution in [1.29, 1.82) is 0 Å². The first kappa shape index (κ1) is 11.8. The minimum absolute atomic E-state index is 0.0464. The summed E-state index contributed by atoms with van der Waals surface area (Å²) in [5.74, 6) is 0. The third-order valence-electron chi connectivity index (χ3n) is 1.37. The number of hydrogen-bond donors (Lipinski definition) is 1. The highest BCUT2D eigenvalue weighted by Crippen LogP contribution is 2.12. The van der Waals surface area contributed by atoms with E-state index in [0.717, 1.165) is 11.8 Å². The summed E-state index contributed by atoms with van der Waals surface area (Å²) in [6.07, 6.45) is 2.34. The van der Waals surface area contributed by atoms with Gasteiger partial charge < -0.3 is 9.90 Å². The van der Waals surface area contributed by atoms with Gasteiger partial charge >= 0.3 is 0 Å². The van der Waals surface area contributed by atoms with E-state index in [1.54, 1.807) is 12.1 Å². The molecule has 1 rings (SSSR count). The molecule has 14 heavy (non-hydrogen) atoms. The number of hydrogen-bond acceptors (Lipinski definition) is 4. The Labute approximate surface area is 80.5 Å². The summed E-state index contributed by atoms with van der Waals surface area (Å²) >= 11 is 0. The van der Waals surface area contributed by atoms with E-state index in [-0.39, 0.29) is 5.69 Å². The van der Waals surface area contributed by atoms with Gasteiger partial charge in [-0.3, -0.25) is 10.1 Å². The lowest BCUT2D eigenvalue weighted by atomic mass is 10.2. The fourth-order valence-corrected chi connectivity index (χ4v) is 0.793. The molecule has 0 aromatic heterocycles. The molecule has 1 N–H and O–H groups in total. The topological polar surface area (TPSA) is 80.4 Å². The van der Waals surface area contributed by atoms with Crippen LogP contribution in [0.2, 0.25) is 0 Å². The van der Waals surface area contributed by atoms with Crippen LogP contribution < -0.4 is 0 Å². The Morgan fingerprint density at radius 1 is 1.29 bits per heavy atom. The van der Waals surface area contributed by atoms with Crippen LogP contribution in [0.5, 0.6) is 0 Å². The largest absolute Gasteiger partial charge is 0.516 e. The van der Waals surface area contributed by atoms with Crippen molar-refractivity contribution in [3.05, 3.63) is 46.2 Å². The molecule has 0 aliphatic rings. The molecule has 0 spiro atoms. The Morgan fingerprint density at radius 2 is 1.79 bits per heavy atom. The summed E-state index contributed by atoms with van der Waals surface area (Å²) < 4.78 is 0. The van der Waals surface area contributed by atoms with Gasteiger partial charge in [-0.15, -0.1) is 0 Å². The second-order valence-electron chi connectivity index (χ2n) is 2.16. The van der Waals surface area contributed by atoms with E-state index in [4.69, 9.17) is 9.90 Å². The zero-order valence-corrected chi connectivity index (χ0v) is 7.29. The minimum Gasteiger partial charge on any atom is -0.516 e. The van der Waals surface area contributed by atoms with Gasteiger partial charge in [0.15, 0.2) is 0 Å². The summed E-state index contributed by atoms with van der Waals surface area (Å²) in [5, 5.41) is 18.6. The Bertz CT molecular complexity index is 318. The molecule has 0 aliphatic heterocycles. The van der Waals surface area contributed by atoms with Crippen molar-refractivity contribution in [2.75, 3.05) is 0 Å².